The van der Waals surface area contributed by atoms with Crippen molar-refractivity contribution in [3.8, 4) is 0 Å². The van der Waals surface area contributed by atoms with Crippen LogP contribution in [0.25, 0.3) is 0 Å². The van der Waals surface area contributed by atoms with Gasteiger partial charge in [0.05, 0.1) is 12.2 Å². The van der Waals surface area contributed by atoms with E-state index in [2.05, 4.69) is 5.32 Å². The highest BCUT2D eigenvalue weighted by molar-refractivity contribution is 5.94. The van der Waals surface area contributed by atoms with E-state index in [-0.39, 0.29) is 41.9 Å². The topological polar surface area (TPSA) is 79.0 Å². The van der Waals surface area contributed by atoms with Gasteiger partial charge in [-0.2, -0.15) is 0 Å². The summed E-state index contributed by atoms with van der Waals surface area (Å²) in [5, 5.41) is 3.01. The maximum absolute atomic E-state index is 13.0. The first kappa shape index (κ1) is 23.7. The van der Waals surface area contributed by atoms with Crippen molar-refractivity contribution in [2.24, 2.45) is 5.92 Å². The molecule has 1 aromatic carbocycles. The third kappa shape index (κ3) is 5.75. The third-order valence-corrected chi connectivity index (χ3v) is 7.17. The standard InChI is InChI=1S/C26H37N3O4/c1-18-16-28(17-19(2)33-18)25(31)22-12-10-20(11-13-22)15-27-24(30)23-9-6-14-29(23)26(32)21-7-4-3-5-8-21/h10-13,18-19,21,23H,3-9,14-17H2,1-2H3,(H,27,30). The fourth-order valence-corrected chi connectivity index (χ4v) is 5.49. The summed E-state index contributed by atoms with van der Waals surface area (Å²) in [6.07, 6.45) is 7.03. The van der Waals surface area contributed by atoms with Gasteiger partial charge in [-0.25, -0.2) is 0 Å². The summed E-state index contributed by atoms with van der Waals surface area (Å²) >= 11 is 0. The molecule has 1 N–H and O–H groups in total. The molecule has 2 aliphatic heterocycles. The molecule has 33 heavy (non-hydrogen) atoms. The van der Waals surface area contributed by atoms with Gasteiger partial charge in [-0.3, -0.25) is 14.4 Å². The van der Waals surface area contributed by atoms with E-state index >= 15 is 0 Å². The minimum atomic E-state index is -0.356. The molecule has 7 nitrogen and oxygen atoms in total. The minimum absolute atomic E-state index is 0.00964. The molecule has 0 radical (unpaired) electrons. The van der Waals surface area contributed by atoms with E-state index in [4.69, 9.17) is 4.74 Å². The van der Waals surface area contributed by atoms with E-state index in [9.17, 15) is 14.4 Å². The number of carbonyl (C=O) groups excluding carboxylic acids is 3. The van der Waals surface area contributed by atoms with Gasteiger partial charge in [0.15, 0.2) is 0 Å². The zero-order chi connectivity index (χ0) is 23.4. The zero-order valence-corrected chi connectivity index (χ0v) is 19.9. The lowest BCUT2D eigenvalue weighted by Gasteiger charge is -2.35. The molecule has 2 heterocycles. The Hall–Kier alpha value is -2.41. The molecule has 4 rings (SSSR count). The Morgan fingerprint density at radius 2 is 1.61 bits per heavy atom. The number of carbonyl (C=O) groups is 3. The second-order valence-electron chi connectivity index (χ2n) is 9.91. The fourth-order valence-electron chi connectivity index (χ4n) is 5.49. The molecule has 3 aliphatic rings. The second kappa shape index (κ2) is 10.7. The largest absolute Gasteiger partial charge is 0.372 e. The Bertz CT molecular complexity index is 840. The lowest BCUT2D eigenvalue weighted by Crippen LogP contribution is -2.48. The molecule has 1 saturated carbocycles. The van der Waals surface area contributed by atoms with Crippen molar-refractivity contribution in [2.75, 3.05) is 19.6 Å². The Kier molecular flexibility index (Phi) is 7.68. The molecule has 0 spiro atoms. The van der Waals surface area contributed by atoms with Crippen molar-refractivity contribution in [3.63, 3.8) is 0 Å². The average Bonchev–Trinajstić information content (AvgIpc) is 3.32. The van der Waals surface area contributed by atoms with Gasteiger partial charge in [-0.15, -0.1) is 0 Å². The molecular formula is C26H37N3O4. The molecule has 180 valence electrons. The Morgan fingerprint density at radius 1 is 0.939 bits per heavy atom. The first-order valence-corrected chi connectivity index (χ1v) is 12.5. The van der Waals surface area contributed by atoms with Crippen LogP contribution in [0, 0.1) is 5.92 Å². The number of nitrogens with one attached hydrogen (secondary N) is 1. The van der Waals surface area contributed by atoms with Crippen molar-refractivity contribution >= 4 is 17.7 Å². The zero-order valence-electron chi connectivity index (χ0n) is 19.9. The first-order chi connectivity index (χ1) is 15.9. The summed E-state index contributed by atoms with van der Waals surface area (Å²) in [5.41, 5.74) is 1.58. The summed E-state index contributed by atoms with van der Waals surface area (Å²) in [6, 6.07) is 7.07. The smallest absolute Gasteiger partial charge is 0.254 e. The van der Waals surface area contributed by atoms with Crippen LogP contribution < -0.4 is 5.32 Å². The molecule has 2 saturated heterocycles. The van der Waals surface area contributed by atoms with Gasteiger partial charge < -0.3 is 19.9 Å². The van der Waals surface area contributed by atoms with Crippen molar-refractivity contribution in [2.45, 2.75) is 83.6 Å². The van der Waals surface area contributed by atoms with Crippen molar-refractivity contribution in [1.82, 2.24) is 15.1 Å². The average molecular weight is 456 g/mol. The fraction of sp³-hybridized carbons (Fsp3) is 0.654. The van der Waals surface area contributed by atoms with Crippen LogP contribution in [0.5, 0.6) is 0 Å². The Labute approximate surface area is 196 Å². The van der Waals surface area contributed by atoms with E-state index in [1.54, 1.807) is 0 Å². The number of hydrogen-bond donors (Lipinski definition) is 1. The van der Waals surface area contributed by atoms with Gasteiger partial charge in [-0.1, -0.05) is 31.4 Å². The number of benzene rings is 1. The van der Waals surface area contributed by atoms with Crippen LogP contribution in [-0.2, 0) is 20.9 Å². The molecule has 0 bridgehead atoms. The highest BCUT2D eigenvalue weighted by atomic mass is 16.5. The number of morpholine rings is 1. The Balaban J connectivity index is 1.30. The number of amides is 3. The molecule has 0 aromatic heterocycles. The molecule has 3 amide bonds. The first-order valence-electron chi connectivity index (χ1n) is 12.5. The molecule has 7 heteroatoms. The number of hydrogen-bond acceptors (Lipinski definition) is 4. The van der Waals surface area contributed by atoms with Crippen LogP contribution in [0.3, 0.4) is 0 Å². The summed E-state index contributed by atoms with van der Waals surface area (Å²) < 4.78 is 5.72. The lowest BCUT2D eigenvalue weighted by atomic mass is 9.88. The van der Waals surface area contributed by atoms with Crippen LogP contribution >= 0.6 is 0 Å². The molecule has 3 unspecified atom stereocenters. The van der Waals surface area contributed by atoms with Gasteiger partial charge in [0.25, 0.3) is 5.91 Å². The van der Waals surface area contributed by atoms with Gasteiger partial charge in [0.1, 0.15) is 6.04 Å². The number of ether oxygens (including phenoxy) is 1. The SMILES string of the molecule is CC1CN(C(=O)c2ccc(CNC(=O)C3CCCN3C(=O)C3CCCCC3)cc2)CC(C)O1. The van der Waals surface area contributed by atoms with Crippen LogP contribution in [0.1, 0.15) is 74.7 Å². The predicted octanol–water partition coefficient (Wildman–Crippen LogP) is 3.12. The van der Waals surface area contributed by atoms with E-state index in [0.29, 0.717) is 31.7 Å². The number of nitrogens with zero attached hydrogens (tertiary/aromatic N) is 2. The maximum Gasteiger partial charge on any atom is 0.254 e. The highest BCUT2D eigenvalue weighted by Crippen LogP contribution is 2.29. The second-order valence-corrected chi connectivity index (χ2v) is 9.91. The van der Waals surface area contributed by atoms with E-state index < -0.39 is 0 Å². The lowest BCUT2D eigenvalue weighted by molar-refractivity contribution is -0.142. The monoisotopic (exact) mass is 455 g/mol. The summed E-state index contributed by atoms with van der Waals surface area (Å²) in [5.74, 6) is 0.195. The quantitative estimate of drug-likeness (QED) is 0.740. The van der Waals surface area contributed by atoms with Crippen LogP contribution in [-0.4, -0.2) is 65.4 Å². The predicted molar refractivity (Wildman–Crippen MR) is 126 cm³/mol. The van der Waals surface area contributed by atoms with E-state index in [1.165, 1.54) is 6.42 Å². The third-order valence-electron chi connectivity index (χ3n) is 7.17. The van der Waals surface area contributed by atoms with Gasteiger partial charge in [0, 0.05) is 37.7 Å². The van der Waals surface area contributed by atoms with Crippen molar-refractivity contribution < 1.29 is 19.1 Å². The van der Waals surface area contributed by atoms with E-state index in [1.807, 2.05) is 47.9 Å². The van der Waals surface area contributed by atoms with E-state index in [0.717, 1.165) is 44.1 Å². The molecule has 3 fully saturated rings. The van der Waals surface area contributed by atoms with Gasteiger partial charge in [-0.05, 0) is 57.2 Å². The van der Waals surface area contributed by atoms with Crippen molar-refractivity contribution in [3.05, 3.63) is 35.4 Å². The van der Waals surface area contributed by atoms with Gasteiger partial charge in [0.2, 0.25) is 11.8 Å². The molecule has 3 atom stereocenters. The number of likely N-dealkylation sites (tertiary alicyclic amines) is 1. The molecular weight excluding hydrogens is 418 g/mol. The summed E-state index contributed by atoms with van der Waals surface area (Å²) in [7, 11) is 0. The normalized spacial score (nSPS) is 26.3. The highest BCUT2D eigenvalue weighted by Gasteiger charge is 2.37. The summed E-state index contributed by atoms with van der Waals surface area (Å²) in [4.78, 5) is 42.3. The molecule has 1 aliphatic carbocycles. The minimum Gasteiger partial charge on any atom is -0.372 e. The Morgan fingerprint density at radius 3 is 2.27 bits per heavy atom. The van der Waals surface area contributed by atoms with Crippen LogP contribution in [0.2, 0.25) is 0 Å². The van der Waals surface area contributed by atoms with Crippen molar-refractivity contribution in [1.29, 1.82) is 0 Å². The maximum atomic E-state index is 13.0. The van der Waals surface area contributed by atoms with Crippen LogP contribution in [0.4, 0.5) is 0 Å². The van der Waals surface area contributed by atoms with Crippen LogP contribution in [0.15, 0.2) is 24.3 Å². The van der Waals surface area contributed by atoms with Gasteiger partial charge >= 0.3 is 0 Å². The molecule has 1 aromatic rings. The number of rotatable bonds is 5. The summed E-state index contributed by atoms with van der Waals surface area (Å²) in [6.45, 7) is 6.23.